The lowest BCUT2D eigenvalue weighted by Gasteiger charge is -2.51. The van der Waals surface area contributed by atoms with E-state index in [1.54, 1.807) is 7.11 Å². The van der Waals surface area contributed by atoms with Gasteiger partial charge in [0.05, 0.1) is 25.2 Å². The van der Waals surface area contributed by atoms with Crippen LogP contribution in [0.25, 0.3) is 0 Å². The highest BCUT2D eigenvalue weighted by atomic mass is 16.6. The molecule has 174 valence electrons. The summed E-state index contributed by atoms with van der Waals surface area (Å²) in [4.78, 5) is 17.8. The molecule has 32 heavy (non-hydrogen) atoms. The van der Waals surface area contributed by atoms with E-state index in [-0.39, 0.29) is 29.0 Å². The first-order chi connectivity index (χ1) is 15.5. The minimum Gasteiger partial charge on any atom is -0.497 e. The van der Waals surface area contributed by atoms with Crippen molar-refractivity contribution in [1.29, 1.82) is 0 Å². The number of nitrogens with zero attached hydrogens (tertiary/aromatic N) is 2. The zero-order valence-corrected chi connectivity index (χ0v) is 19.4. The molecule has 0 aromatic heterocycles. The van der Waals surface area contributed by atoms with Crippen LogP contribution in [0.3, 0.4) is 0 Å². The fraction of sp³-hybridized carbons (Fsp3) is 0.731. The summed E-state index contributed by atoms with van der Waals surface area (Å²) in [5.74, 6) is 1.91. The maximum Gasteiger partial charge on any atom is 0.310 e. The summed E-state index contributed by atoms with van der Waals surface area (Å²) in [6.07, 6.45) is 5.94. The number of carbonyl (C=O) groups excluding carboxylic acids is 1. The lowest BCUT2D eigenvalue weighted by molar-refractivity contribution is -0.147. The van der Waals surface area contributed by atoms with Gasteiger partial charge in [0, 0.05) is 50.4 Å². The van der Waals surface area contributed by atoms with Crippen LogP contribution in [0.4, 0.5) is 5.69 Å². The van der Waals surface area contributed by atoms with Crippen molar-refractivity contribution in [2.24, 2.45) is 23.2 Å². The molecule has 2 aliphatic carbocycles. The summed E-state index contributed by atoms with van der Waals surface area (Å²) in [6.45, 7) is 8.09. The van der Waals surface area contributed by atoms with Gasteiger partial charge in [0.2, 0.25) is 0 Å². The van der Waals surface area contributed by atoms with Crippen LogP contribution in [0.2, 0.25) is 0 Å². The minimum atomic E-state index is 0.0191. The van der Waals surface area contributed by atoms with E-state index in [9.17, 15) is 4.79 Å². The number of piperazine rings is 1. The van der Waals surface area contributed by atoms with Crippen LogP contribution in [0.1, 0.15) is 39.0 Å². The van der Waals surface area contributed by atoms with Gasteiger partial charge in [-0.15, -0.1) is 0 Å². The number of benzene rings is 1. The van der Waals surface area contributed by atoms with Crippen molar-refractivity contribution in [1.82, 2.24) is 4.90 Å². The number of carbonyl (C=O) groups is 1. The molecule has 5 fully saturated rings. The van der Waals surface area contributed by atoms with Crippen LogP contribution in [0.5, 0.6) is 5.75 Å². The number of rotatable bonds is 4. The number of hydrogen-bond donors (Lipinski definition) is 0. The number of esters is 1. The number of hydrogen-bond acceptors (Lipinski definition) is 6. The van der Waals surface area contributed by atoms with E-state index in [0.717, 1.165) is 57.9 Å². The second kappa shape index (κ2) is 7.63. The maximum absolute atomic E-state index is 13.0. The molecule has 3 aliphatic heterocycles. The Hall–Kier alpha value is -1.79. The molecular weight excluding hydrogens is 404 g/mol. The topological polar surface area (TPSA) is 54.5 Å². The number of fused-ring (bicyclic) bond motifs is 3. The third-order valence-corrected chi connectivity index (χ3v) is 9.32. The van der Waals surface area contributed by atoms with E-state index in [0.29, 0.717) is 11.8 Å². The number of methoxy groups -OCH3 is 1. The van der Waals surface area contributed by atoms with Gasteiger partial charge in [0.15, 0.2) is 0 Å². The highest BCUT2D eigenvalue weighted by Gasteiger charge is 2.65. The third kappa shape index (κ3) is 3.41. The largest absolute Gasteiger partial charge is 0.497 e. The quantitative estimate of drug-likeness (QED) is 0.529. The average molecular weight is 441 g/mol. The monoisotopic (exact) mass is 440 g/mol. The maximum atomic E-state index is 13.0. The fourth-order valence-corrected chi connectivity index (χ4v) is 7.44. The zero-order valence-electron chi connectivity index (χ0n) is 19.4. The summed E-state index contributed by atoms with van der Waals surface area (Å²) >= 11 is 0. The van der Waals surface area contributed by atoms with Crippen molar-refractivity contribution in [3.63, 3.8) is 0 Å². The molecule has 0 unspecified atom stereocenters. The van der Waals surface area contributed by atoms with Crippen LogP contribution in [-0.4, -0.2) is 69.0 Å². The van der Waals surface area contributed by atoms with Gasteiger partial charge >= 0.3 is 5.97 Å². The molecule has 3 heterocycles. The Balaban J connectivity index is 1.11. The second-order valence-electron chi connectivity index (χ2n) is 11.1. The number of anilines is 1. The van der Waals surface area contributed by atoms with Crippen molar-refractivity contribution in [2.75, 3.05) is 51.3 Å². The van der Waals surface area contributed by atoms with Crippen molar-refractivity contribution in [2.45, 2.75) is 50.7 Å². The van der Waals surface area contributed by atoms with Gasteiger partial charge in [-0.05, 0) is 55.6 Å². The van der Waals surface area contributed by atoms with Crippen LogP contribution < -0.4 is 9.64 Å². The molecule has 6 rings (SSSR count). The predicted molar refractivity (Wildman–Crippen MR) is 122 cm³/mol. The third-order valence-electron chi connectivity index (χ3n) is 9.32. The molecule has 5 aliphatic rings. The second-order valence-corrected chi connectivity index (χ2v) is 11.1. The molecule has 6 heteroatoms. The van der Waals surface area contributed by atoms with Gasteiger partial charge in [-0.3, -0.25) is 9.69 Å². The Labute approximate surface area is 191 Å². The molecule has 0 amide bonds. The molecule has 0 radical (unpaired) electrons. The van der Waals surface area contributed by atoms with E-state index in [2.05, 4.69) is 28.9 Å². The normalized spacial score (nSPS) is 41.2. The molecule has 0 bridgehead atoms. The highest BCUT2D eigenvalue weighted by Crippen LogP contribution is 2.62. The molecule has 2 saturated carbocycles. The summed E-state index contributed by atoms with van der Waals surface area (Å²) in [5.41, 5.74) is 1.60. The first-order valence-corrected chi connectivity index (χ1v) is 12.5. The summed E-state index contributed by atoms with van der Waals surface area (Å²) < 4.78 is 17.4. The van der Waals surface area contributed by atoms with E-state index in [4.69, 9.17) is 14.2 Å². The van der Waals surface area contributed by atoms with E-state index < -0.39 is 0 Å². The smallest absolute Gasteiger partial charge is 0.310 e. The molecule has 3 saturated heterocycles. The Morgan fingerprint density at radius 2 is 2.00 bits per heavy atom. The molecule has 6 nitrogen and oxygen atoms in total. The van der Waals surface area contributed by atoms with Gasteiger partial charge in [-0.1, -0.05) is 13.0 Å². The molecule has 6 atom stereocenters. The Morgan fingerprint density at radius 3 is 2.75 bits per heavy atom. The summed E-state index contributed by atoms with van der Waals surface area (Å²) in [5, 5.41) is 0. The van der Waals surface area contributed by atoms with Gasteiger partial charge < -0.3 is 19.1 Å². The lowest BCUT2D eigenvalue weighted by Crippen LogP contribution is -2.52. The molecular formula is C26H36N2O4. The van der Waals surface area contributed by atoms with Crippen molar-refractivity contribution >= 4 is 11.7 Å². The Bertz CT molecular complexity index is 878. The van der Waals surface area contributed by atoms with E-state index >= 15 is 0 Å². The van der Waals surface area contributed by atoms with E-state index in [1.165, 1.54) is 24.9 Å². The summed E-state index contributed by atoms with van der Waals surface area (Å²) in [6, 6.07) is 8.29. The molecule has 1 aromatic rings. The van der Waals surface area contributed by atoms with Crippen LogP contribution >= 0.6 is 0 Å². The first kappa shape index (κ1) is 20.8. The zero-order chi connectivity index (χ0) is 21.9. The van der Waals surface area contributed by atoms with Crippen molar-refractivity contribution < 1.29 is 19.0 Å². The SMILES string of the molecule is COc1cccc(N2CCN(C[C@H]3C(=O)O[C@@H]4C[C@@]5(C)CCC[C@@]6(CO6)[C@@H]5C[C@H]43)CC2)c1. The minimum absolute atomic E-state index is 0.0191. The van der Waals surface area contributed by atoms with Crippen LogP contribution in [0, 0.1) is 23.2 Å². The van der Waals surface area contributed by atoms with Gasteiger partial charge in [0.1, 0.15) is 11.9 Å². The van der Waals surface area contributed by atoms with Crippen LogP contribution in [-0.2, 0) is 14.3 Å². The van der Waals surface area contributed by atoms with Crippen molar-refractivity contribution in [3.05, 3.63) is 24.3 Å². The number of epoxide rings is 1. The standard InChI is InChI=1S/C26H36N2O4/c1-25-7-4-8-26(17-31-26)23(25)14-20-21(24(29)32-22(20)15-25)16-27-9-11-28(12-10-27)18-5-3-6-19(13-18)30-2/h3,5-6,13,20-23H,4,7-12,14-17H2,1-2H3/t20-,21+,22+,23+,25+,26+/m0/s1. The molecule has 1 aromatic carbocycles. The van der Waals surface area contributed by atoms with Crippen molar-refractivity contribution in [3.8, 4) is 5.75 Å². The molecule has 0 N–H and O–H groups in total. The Morgan fingerprint density at radius 1 is 1.19 bits per heavy atom. The lowest BCUT2D eigenvalue weighted by atomic mass is 9.53. The highest BCUT2D eigenvalue weighted by molar-refractivity contribution is 5.75. The molecule has 1 spiro atoms. The number of ether oxygens (including phenoxy) is 3. The summed E-state index contributed by atoms with van der Waals surface area (Å²) in [7, 11) is 1.71. The van der Waals surface area contributed by atoms with Gasteiger partial charge in [0.25, 0.3) is 0 Å². The van der Waals surface area contributed by atoms with Crippen LogP contribution in [0.15, 0.2) is 24.3 Å². The Kier molecular flexibility index (Phi) is 4.95. The first-order valence-electron chi connectivity index (χ1n) is 12.5. The predicted octanol–water partition coefficient (Wildman–Crippen LogP) is 3.34. The average Bonchev–Trinajstić information content (AvgIpc) is 3.51. The van der Waals surface area contributed by atoms with E-state index in [1.807, 2.05) is 12.1 Å². The van der Waals surface area contributed by atoms with Gasteiger partial charge in [-0.2, -0.15) is 0 Å². The fourth-order valence-electron chi connectivity index (χ4n) is 7.44. The van der Waals surface area contributed by atoms with Gasteiger partial charge in [-0.25, -0.2) is 0 Å².